The summed E-state index contributed by atoms with van der Waals surface area (Å²) >= 11 is 3.39. The van der Waals surface area contributed by atoms with Crippen LogP contribution in [0.25, 0.3) is 0 Å². The van der Waals surface area contributed by atoms with E-state index in [4.69, 9.17) is 0 Å². The van der Waals surface area contributed by atoms with Crippen molar-refractivity contribution in [2.45, 2.75) is 18.9 Å². The lowest BCUT2D eigenvalue weighted by atomic mass is 9.89. The van der Waals surface area contributed by atoms with Gasteiger partial charge in [0.2, 0.25) is 0 Å². The molecule has 1 aliphatic heterocycles. The number of nitrogens with one attached hydrogen (secondary N) is 1. The number of hydrogen-bond donors (Lipinski definition) is 2. The van der Waals surface area contributed by atoms with E-state index in [0.29, 0.717) is 0 Å². The molecule has 0 amide bonds. The summed E-state index contributed by atoms with van der Waals surface area (Å²) in [5, 5.41) is 13.0. The number of carboxylic acids is 1. The van der Waals surface area contributed by atoms with Gasteiger partial charge < -0.3 is 10.4 Å². The van der Waals surface area contributed by atoms with E-state index in [1.165, 1.54) is 0 Å². The number of carboxylic acid groups (broad SMARTS) is 1. The molecule has 1 saturated heterocycles. The van der Waals surface area contributed by atoms with Crippen molar-refractivity contribution >= 4 is 21.9 Å². The fourth-order valence-corrected chi connectivity index (χ4v) is 2.77. The second-order valence-electron chi connectivity index (χ2n) is 4.97. The predicted molar refractivity (Wildman–Crippen MR) is 78.2 cm³/mol. The minimum atomic E-state index is -0.966. The summed E-state index contributed by atoms with van der Waals surface area (Å²) in [5.74, 6) is -0.795. The molecule has 0 radical (unpaired) electrons. The third kappa shape index (κ3) is 2.99. The largest absolute Gasteiger partial charge is 0.480 e. The molecule has 4 nitrogen and oxygen atoms in total. The zero-order chi connectivity index (χ0) is 13.9. The molecule has 1 unspecified atom stereocenters. The van der Waals surface area contributed by atoms with Gasteiger partial charge in [-0.1, -0.05) is 28.1 Å². The lowest BCUT2D eigenvalue weighted by molar-refractivity contribution is -0.151. The Morgan fingerprint density at radius 2 is 2.00 bits per heavy atom. The lowest BCUT2D eigenvalue weighted by Crippen LogP contribution is -2.51. The average Bonchev–Trinajstić information content (AvgIpc) is 2.67. The molecule has 104 valence electrons. The minimum Gasteiger partial charge on any atom is -0.480 e. The van der Waals surface area contributed by atoms with Crippen LogP contribution in [0.1, 0.15) is 18.9 Å². The topological polar surface area (TPSA) is 52.6 Å². The Labute approximate surface area is 121 Å². The van der Waals surface area contributed by atoms with Gasteiger partial charge in [-0.05, 0) is 37.6 Å². The van der Waals surface area contributed by atoms with E-state index in [-0.39, 0.29) is 0 Å². The van der Waals surface area contributed by atoms with Crippen LogP contribution in [0.5, 0.6) is 0 Å². The smallest absolute Gasteiger partial charge is 0.328 e. The van der Waals surface area contributed by atoms with E-state index in [9.17, 15) is 9.90 Å². The quantitative estimate of drug-likeness (QED) is 0.892. The predicted octanol–water partition coefficient (Wildman–Crippen LogP) is 2.04. The molecule has 19 heavy (non-hydrogen) atoms. The van der Waals surface area contributed by atoms with Crippen LogP contribution < -0.4 is 5.32 Å². The molecule has 0 aromatic heterocycles. The number of nitrogens with zero attached hydrogens (tertiary/aromatic N) is 1. The Hall–Kier alpha value is -0.910. The third-order valence-corrected chi connectivity index (χ3v) is 4.32. The third-order valence-electron chi connectivity index (χ3n) is 3.80. The first kappa shape index (κ1) is 14.5. The SMILES string of the molecule is CC(C(=O)O)(c1ccc(Br)cc1)N1CCCNCC1. The second-order valence-corrected chi connectivity index (χ2v) is 5.89. The van der Waals surface area contributed by atoms with Gasteiger partial charge in [0.25, 0.3) is 0 Å². The van der Waals surface area contributed by atoms with Crippen LogP contribution in [0, 0.1) is 0 Å². The molecule has 1 aromatic carbocycles. The Morgan fingerprint density at radius 1 is 1.32 bits per heavy atom. The van der Waals surface area contributed by atoms with E-state index in [1.807, 2.05) is 24.3 Å². The number of carbonyl (C=O) groups is 1. The van der Waals surface area contributed by atoms with Crippen LogP contribution in [0.2, 0.25) is 0 Å². The van der Waals surface area contributed by atoms with Gasteiger partial charge in [-0.15, -0.1) is 0 Å². The van der Waals surface area contributed by atoms with Crippen LogP contribution >= 0.6 is 15.9 Å². The van der Waals surface area contributed by atoms with Gasteiger partial charge in [0.15, 0.2) is 0 Å². The lowest BCUT2D eigenvalue weighted by Gasteiger charge is -2.37. The molecule has 5 heteroatoms. The van der Waals surface area contributed by atoms with E-state index < -0.39 is 11.5 Å². The van der Waals surface area contributed by atoms with Crippen LogP contribution in [-0.2, 0) is 10.3 Å². The van der Waals surface area contributed by atoms with Gasteiger partial charge in [-0.3, -0.25) is 4.90 Å². The average molecular weight is 327 g/mol. The molecule has 1 aliphatic rings. The zero-order valence-corrected chi connectivity index (χ0v) is 12.6. The number of aliphatic carboxylic acids is 1. The summed E-state index contributed by atoms with van der Waals surface area (Å²) in [6, 6.07) is 7.56. The first-order chi connectivity index (χ1) is 9.05. The van der Waals surface area contributed by atoms with Crippen molar-refractivity contribution in [1.29, 1.82) is 0 Å². The zero-order valence-electron chi connectivity index (χ0n) is 11.0. The molecule has 1 heterocycles. The summed E-state index contributed by atoms with van der Waals surface area (Å²) in [5.41, 5.74) is -0.141. The molecule has 1 aromatic rings. The van der Waals surface area contributed by atoms with E-state index in [2.05, 4.69) is 26.1 Å². The molecule has 0 bridgehead atoms. The Kier molecular flexibility index (Phi) is 4.60. The fourth-order valence-electron chi connectivity index (χ4n) is 2.51. The summed E-state index contributed by atoms with van der Waals surface area (Å²) < 4.78 is 0.960. The second kappa shape index (κ2) is 6.03. The molecule has 0 saturated carbocycles. The number of halogens is 1. The molecule has 1 atom stereocenters. The van der Waals surface area contributed by atoms with Crippen LogP contribution in [0.15, 0.2) is 28.7 Å². The summed E-state index contributed by atoms with van der Waals surface area (Å²) in [4.78, 5) is 13.9. The molecule has 0 spiro atoms. The van der Waals surface area contributed by atoms with Crippen LogP contribution in [0.4, 0.5) is 0 Å². The maximum absolute atomic E-state index is 11.8. The van der Waals surface area contributed by atoms with Gasteiger partial charge in [0.1, 0.15) is 5.54 Å². The van der Waals surface area contributed by atoms with Gasteiger partial charge in [-0.2, -0.15) is 0 Å². The van der Waals surface area contributed by atoms with Crippen molar-refractivity contribution in [1.82, 2.24) is 10.2 Å². The molecule has 2 rings (SSSR count). The first-order valence-corrected chi connectivity index (χ1v) is 7.29. The van der Waals surface area contributed by atoms with E-state index in [1.54, 1.807) is 6.92 Å². The summed E-state index contributed by atoms with van der Waals surface area (Å²) in [7, 11) is 0. The van der Waals surface area contributed by atoms with Gasteiger partial charge in [0.05, 0.1) is 0 Å². The van der Waals surface area contributed by atoms with Gasteiger partial charge in [0, 0.05) is 24.1 Å². The molecule has 0 aliphatic carbocycles. The molecular formula is C14H19BrN2O2. The number of hydrogen-bond acceptors (Lipinski definition) is 3. The van der Waals surface area contributed by atoms with E-state index in [0.717, 1.165) is 42.6 Å². The summed E-state index contributed by atoms with van der Waals surface area (Å²) in [6.07, 6.45) is 0.972. The van der Waals surface area contributed by atoms with Crippen LogP contribution in [0.3, 0.4) is 0 Å². The van der Waals surface area contributed by atoms with Crippen molar-refractivity contribution in [2.75, 3.05) is 26.2 Å². The highest BCUT2D eigenvalue weighted by atomic mass is 79.9. The summed E-state index contributed by atoms with van der Waals surface area (Å²) in [6.45, 7) is 5.13. The van der Waals surface area contributed by atoms with E-state index >= 15 is 0 Å². The van der Waals surface area contributed by atoms with Crippen LogP contribution in [-0.4, -0.2) is 42.2 Å². The van der Waals surface area contributed by atoms with Crippen molar-refractivity contribution in [3.63, 3.8) is 0 Å². The number of rotatable bonds is 3. The standard InChI is InChI=1S/C14H19BrN2O2/c1-14(13(18)19,11-3-5-12(15)6-4-11)17-9-2-7-16-8-10-17/h3-6,16H,2,7-10H2,1H3,(H,18,19). The fraction of sp³-hybridized carbons (Fsp3) is 0.500. The first-order valence-electron chi connectivity index (χ1n) is 6.50. The van der Waals surface area contributed by atoms with Gasteiger partial charge in [-0.25, -0.2) is 4.79 Å². The highest BCUT2D eigenvalue weighted by Crippen LogP contribution is 2.30. The molecule has 2 N–H and O–H groups in total. The molecular weight excluding hydrogens is 308 g/mol. The Morgan fingerprint density at radius 3 is 2.63 bits per heavy atom. The molecule has 1 fully saturated rings. The van der Waals surface area contributed by atoms with Crippen molar-refractivity contribution in [3.05, 3.63) is 34.3 Å². The maximum atomic E-state index is 11.8. The van der Waals surface area contributed by atoms with Crippen molar-refractivity contribution in [3.8, 4) is 0 Å². The minimum absolute atomic E-state index is 0.749. The number of benzene rings is 1. The maximum Gasteiger partial charge on any atom is 0.328 e. The van der Waals surface area contributed by atoms with Gasteiger partial charge >= 0.3 is 5.97 Å². The monoisotopic (exact) mass is 326 g/mol. The highest BCUT2D eigenvalue weighted by Gasteiger charge is 2.41. The van der Waals surface area contributed by atoms with Crippen molar-refractivity contribution in [2.24, 2.45) is 0 Å². The normalized spacial score (nSPS) is 20.5. The van der Waals surface area contributed by atoms with Crippen molar-refractivity contribution < 1.29 is 9.90 Å². The Balaban J connectivity index is 2.35. The Bertz CT molecular complexity index is 441. The highest BCUT2D eigenvalue weighted by molar-refractivity contribution is 9.10.